The zero-order valence-electron chi connectivity index (χ0n) is 13.2. The molecule has 3 heterocycles. The molecule has 120 valence electrons. The number of pyridine rings is 1. The third kappa shape index (κ3) is 2.85. The number of hydrogen-bond acceptors (Lipinski definition) is 5. The molecule has 1 saturated carbocycles. The van der Waals surface area contributed by atoms with Crippen LogP contribution >= 0.6 is 0 Å². The van der Waals surface area contributed by atoms with Crippen molar-refractivity contribution >= 4 is 5.91 Å². The van der Waals surface area contributed by atoms with Gasteiger partial charge in [0.2, 0.25) is 17.7 Å². The van der Waals surface area contributed by atoms with E-state index in [0.29, 0.717) is 11.8 Å². The smallest absolute Gasteiger partial charge is 0.249 e. The second kappa shape index (κ2) is 5.76. The van der Waals surface area contributed by atoms with Crippen molar-refractivity contribution in [2.45, 2.75) is 45.1 Å². The number of carbonyl (C=O) groups is 1. The van der Waals surface area contributed by atoms with Crippen molar-refractivity contribution in [3.8, 4) is 11.5 Å². The number of aryl methyl sites for hydroxylation is 1. The molecule has 2 aromatic rings. The molecule has 6 heteroatoms. The summed E-state index contributed by atoms with van der Waals surface area (Å²) in [6.45, 7) is 2.73. The topological polar surface area (TPSA) is 72.1 Å². The maximum Gasteiger partial charge on any atom is 0.249 e. The molecule has 2 aliphatic rings. The fourth-order valence-electron chi connectivity index (χ4n) is 3.10. The second-order valence-corrected chi connectivity index (χ2v) is 6.45. The van der Waals surface area contributed by atoms with Crippen LogP contribution in [0.1, 0.15) is 49.7 Å². The monoisotopic (exact) mass is 312 g/mol. The lowest BCUT2D eigenvalue weighted by Gasteiger charge is -2.33. The molecular weight excluding hydrogens is 292 g/mol. The van der Waals surface area contributed by atoms with Gasteiger partial charge in [-0.2, -0.15) is 0 Å². The standard InChI is InChI=1S/C17H20N4O2/c1-11-5-6-13(10-18-11)15-19-20-16(23-15)14-4-2-3-9-21(14)17(22)12-7-8-12/h5-6,10,12,14H,2-4,7-9H2,1H3. The highest BCUT2D eigenvalue weighted by molar-refractivity contribution is 5.81. The fraction of sp³-hybridized carbons (Fsp3) is 0.529. The molecule has 1 amide bonds. The first kappa shape index (κ1) is 14.4. The van der Waals surface area contributed by atoms with E-state index in [9.17, 15) is 4.79 Å². The van der Waals surface area contributed by atoms with E-state index in [0.717, 1.165) is 49.9 Å². The van der Waals surface area contributed by atoms with Crippen molar-refractivity contribution in [1.82, 2.24) is 20.1 Å². The Balaban J connectivity index is 1.58. The molecule has 2 fully saturated rings. The first-order valence-electron chi connectivity index (χ1n) is 8.29. The van der Waals surface area contributed by atoms with Crippen molar-refractivity contribution in [3.05, 3.63) is 29.9 Å². The van der Waals surface area contributed by atoms with Crippen LogP contribution in [-0.4, -0.2) is 32.5 Å². The Kier molecular flexibility index (Phi) is 3.59. The lowest BCUT2D eigenvalue weighted by Crippen LogP contribution is -2.39. The van der Waals surface area contributed by atoms with Gasteiger partial charge >= 0.3 is 0 Å². The summed E-state index contributed by atoms with van der Waals surface area (Å²) in [6, 6.07) is 3.77. The van der Waals surface area contributed by atoms with Crippen LogP contribution in [-0.2, 0) is 4.79 Å². The predicted molar refractivity (Wildman–Crippen MR) is 83.3 cm³/mol. The highest BCUT2D eigenvalue weighted by Gasteiger charge is 2.39. The van der Waals surface area contributed by atoms with Crippen LogP contribution in [0.25, 0.3) is 11.5 Å². The van der Waals surface area contributed by atoms with Crippen molar-refractivity contribution in [2.75, 3.05) is 6.54 Å². The lowest BCUT2D eigenvalue weighted by molar-refractivity contribution is -0.137. The molecular formula is C17H20N4O2. The van der Waals surface area contributed by atoms with Gasteiger partial charge in [-0.15, -0.1) is 10.2 Å². The summed E-state index contributed by atoms with van der Waals surface area (Å²) in [5.41, 5.74) is 1.76. The van der Waals surface area contributed by atoms with Crippen LogP contribution in [0.15, 0.2) is 22.7 Å². The molecule has 1 aliphatic carbocycles. The molecule has 0 aromatic carbocycles. The second-order valence-electron chi connectivity index (χ2n) is 6.45. The van der Waals surface area contributed by atoms with Gasteiger partial charge in [0, 0.05) is 24.4 Å². The number of nitrogens with zero attached hydrogens (tertiary/aromatic N) is 4. The van der Waals surface area contributed by atoms with Gasteiger partial charge in [-0.1, -0.05) is 0 Å². The Bertz CT molecular complexity index is 706. The SMILES string of the molecule is Cc1ccc(-c2nnc(C3CCCCN3C(=O)C3CC3)o2)cn1. The Labute approximate surface area is 134 Å². The Morgan fingerprint density at radius 2 is 2.09 bits per heavy atom. The molecule has 1 aliphatic heterocycles. The Morgan fingerprint density at radius 3 is 2.83 bits per heavy atom. The van der Waals surface area contributed by atoms with Gasteiger partial charge in [-0.05, 0) is 51.2 Å². The maximum atomic E-state index is 12.5. The summed E-state index contributed by atoms with van der Waals surface area (Å²) >= 11 is 0. The van der Waals surface area contributed by atoms with Crippen LogP contribution in [0.5, 0.6) is 0 Å². The summed E-state index contributed by atoms with van der Waals surface area (Å²) in [6.07, 6.45) is 6.81. The quantitative estimate of drug-likeness (QED) is 0.871. The van der Waals surface area contributed by atoms with Gasteiger partial charge in [-0.25, -0.2) is 0 Å². The van der Waals surface area contributed by atoms with E-state index in [2.05, 4.69) is 15.2 Å². The zero-order valence-corrected chi connectivity index (χ0v) is 13.2. The van der Waals surface area contributed by atoms with E-state index in [1.807, 2.05) is 24.0 Å². The largest absolute Gasteiger partial charge is 0.418 e. The van der Waals surface area contributed by atoms with Gasteiger partial charge in [0.15, 0.2) is 0 Å². The third-order valence-corrected chi connectivity index (χ3v) is 4.60. The molecule has 1 saturated heterocycles. The average molecular weight is 312 g/mol. The maximum absolute atomic E-state index is 12.5. The van der Waals surface area contributed by atoms with E-state index < -0.39 is 0 Å². The predicted octanol–water partition coefficient (Wildman–Crippen LogP) is 2.90. The molecule has 0 N–H and O–H groups in total. The molecule has 23 heavy (non-hydrogen) atoms. The van der Waals surface area contributed by atoms with E-state index >= 15 is 0 Å². The minimum Gasteiger partial charge on any atom is -0.418 e. The Morgan fingerprint density at radius 1 is 1.22 bits per heavy atom. The number of carbonyl (C=O) groups excluding carboxylic acids is 1. The highest BCUT2D eigenvalue weighted by Crippen LogP contribution is 2.38. The average Bonchev–Trinajstić information content (AvgIpc) is 3.32. The molecule has 2 aromatic heterocycles. The lowest BCUT2D eigenvalue weighted by atomic mass is 10.0. The van der Waals surface area contributed by atoms with Crippen molar-refractivity contribution in [1.29, 1.82) is 0 Å². The number of piperidine rings is 1. The summed E-state index contributed by atoms with van der Waals surface area (Å²) in [5, 5.41) is 8.36. The van der Waals surface area contributed by atoms with Gasteiger partial charge in [0.25, 0.3) is 0 Å². The highest BCUT2D eigenvalue weighted by atomic mass is 16.4. The number of likely N-dealkylation sites (tertiary alicyclic amines) is 1. The molecule has 0 radical (unpaired) electrons. The van der Waals surface area contributed by atoms with E-state index in [-0.39, 0.29) is 17.9 Å². The van der Waals surface area contributed by atoms with Crippen LogP contribution in [0.4, 0.5) is 0 Å². The van der Waals surface area contributed by atoms with Crippen LogP contribution < -0.4 is 0 Å². The number of hydrogen-bond donors (Lipinski definition) is 0. The summed E-state index contributed by atoms with van der Waals surface area (Å²) < 4.78 is 5.87. The molecule has 0 spiro atoms. The Hall–Kier alpha value is -2.24. The van der Waals surface area contributed by atoms with Gasteiger partial charge in [0.05, 0.1) is 5.56 Å². The molecule has 1 unspecified atom stereocenters. The summed E-state index contributed by atoms with van der Waals surface area (Å²) in [5.74, 6) is 1.50. The summed E-state index contributed by atoms with van der Waals surface area (Å²) in [7, 11) is 0. The number of amides is 1. The minimum atomic E-state index is -0.0727. The van der Waals surface area contributed by atoms with E-state index in [1.54, 1.807) is 6.20 Å². The van der Waals surface area contributed by atoms with Crippen LogP contribution in [0.2, 0.25) is 0 Å². The normalized spacial score (nSPS) is 21.4. The van der Waals surface area contributed by atoms with Crippen LogP contribution in [0.3, 0.4) is 0 Å². The van der Waals surface area contributed by atoms with Gasteiger partial charge < -0.3 is 9.32 Å². The molecule has 6 nitrogen and oxygen atoms in total. The fourth-order valence-corrected chi connectivity index (χ4v) is 3.10. The zero-order chi connectivity index (χ0) is 15.8. The first-order chi connectivity index (χ1) is 11.2. The molecule has 0 bridgehead atoms. The van der Waals surface area contributed by atoms with E-state index in [4.69, 9.17) is 4.42 Å². The molecule has 4 rings (SSSR count). The minimum absolute atomic E-state index is 0.0727. The third-order valence-electron chi connectivity index (χ3n) is 4.60. The number of aromatic nitrogens is 3. The molecule has 1 atom stereocenters. The van der Waals surface area contributed by atoms with E-state index in [1.165, 1.54) is 0 Å². The van der Waals surface area contributed by atoms with Crippen molar-refractivity contribution in [3.63, 3.8) is 0 Å². The van der Waals surface area contributed by atoms with Gasteiger partial charge in [-0.3, -0.25) is 9.78 Å². The van der Waals surface area contributed by atoms with Crippen molar-refractivity contribution in [2.24, 2.45) is 5.92 Å². The van der Waals surface area contributed by atoms with Crippen LogP contribution in [0, 0.1) is 12.8 Å². The van der Waals surface area contributed by atoms with Gasteiger partial charge in [0.1, 0.15) is 6.04 Å². The first-order valence-corrected chi connectivity index (χ1v) is 8.29. The van der Waals surface area contributed by atoms with Crippen molar-refractivity contribution < 1.29 is 9.21 Å². The number of rotatable bonds is 3. The summed E-state index contributed by atoms with van der Waals surface area (Å²) in [4.78, 5) is 18.7.